The van der Waals surface area contributed by atoms with Crippen LogP contribution in [0.4, 0.5) is 11.4 Å². The third kappa shape index (κ3) is 4.17. The first-order valence-electron chi connectivity index (χ1n) is 8.94. The van der Waals surface area contributed by atoms with Gasteiger partial charge in [-0.25, -0.2) is 4.98 Å². The van der Waals surface area contributed by atoms with Gasteiger partial charge < -0.3 is 16.0 Å². The first kappa shape index (κ1) is 19.1. The lowest BCUT2D eigenvalue weighted by Gasteiger charge is -2.06. The Labute approximate surface area is 162 Å². The molecule has 0 bridgehead atoms. The molecule has 144 valence electrons. The summed E-state index contributed by atoms with van der Waals surface area (Å²) in [6.07, 6.45) is 2.50. The fourth-order valence-electron chi connectivity index (χ4n) is 2.71. The highest BCUT2D eigenvalue weighted by Crippen LogP contribution is 2.17. The Morgan fingerprint density at radius 1 is 0.964 bits per heavy atom. The zero-order valence-electron chi connectivity index (χ0n) is 15.7. The summed E-state index contributed by atoms with van der Waals surface area (Å²) in [6, 6.07) is 12.0. The molecule has 0 radical (unpaired) electrons. The van der Waals surface area contributed by atoms with Crippen molar-refractivity contribution in [3.63, 3.8) is 0 Å². The Morgan fingerprint density at radius 2 is 1.64 bits per heavy atom. The van der Waals surface area contributed by atoms with Crippen LogP contribution in [0.3, 0.4) is 0 Å². The van der Waals surface area contributed by atoms with Crippen LogP contribution in [0.1, 0.15) is 41.4 Å². The highest BCUT2D eigenvalue weighted by molar-refractivity contribution is 6.09. The van der Waals surface area contributed by atoms with Crippen molar-refractivity contribution < 1.29 is 14.4 Å². The maximum atomic E-state index is 12.8. The predicted octanol–water partition coefficient (Wildman–Crippen LogP) is 2.68. The maximum Gasteiger partial charge on any atom is 0.287 e. The molecule has 0 fully saturated rings. The van der Waals surface area contributed by atoms with Crippen LogP contribution >= 0.6 is 0 Å². The topological polar surface area (TPSA) is 105 Å². The van der Waals surface area contributed by atoms with E-state index in [2.05, 4.69) is 20.9 Å². The summed E-state index contributed by atoms with van der Waals surface area (Å²) in [5.41, 5.74) is 1.88. The number of benzene rings is 1. The fraction of sp³-hybridized carbons (Fsp3) is 0.200. The number of fused-ring (bicyclic) bond motifs is 1. The van der Waals surface area contributed by atoms with Crippen LogP contribution in [0.15, 0.2) is 48.7 Å². The van der Waals surface area contributed by atoms with E-state index in [0.717, 1.165) is 6.42 Å². The van der Waals surface area contributed by atoms with E-state index in [1.807, 2.05) is 6.92 Å². The predicted molar refractivity (Wildman–Crippen MR) is 107 cm³/mol. The van der Waals surface area contributed by atoms with E-state index in [-0.39, 0.29) is 23.3 Å². The second-order valence-electron chi connectivity index (χ2n) is 6.21. The van der Waals surface area contributed by atoms with Crippen molar-refractivity contribution >= 4 is 34.6 Å². The molecular weight excluding hydrogens is 358 g/mol. The SMILES string of the molecule is CCCNC(=O)c1nc(C(=O)Nc2ccc(NC(C)=O)cc2)c2ccccn12. The zero-order valence-corrected chi connectivity index (χ0v) is 15.7. The molecule has 0 aliphatic rings. The van der Waals surface area contributed by atoms with E-state index < -0.39 is 5.91 Å². The standard InChI is InChI=1S/C20H21N5O3/c1-3-11-21-20(28)18-24-17(16-6-4-5-12-25(16)18)19(27)23-15-9-7-14(8-10-15)22-13(2)26/h4-10,12H,3,11H2,1-2H3,(H,21,28)(H,22,26)(H,23,27). The number of nitrogens with zero attached hydrogens (tertiary/aromatic N) is 2. The lowest BCUT2D eigenvalue weighted by Crippen LogP contribution is -2.26. The first-order valence-corrected chi connectivity index (χ1v) is 8.94. The maximum absolute atomic E-state index is 12.8. The summed E-state index contributed by atoms with van der Waals surface area (Å²) in [6.45, 7) is 3.91. The molecule has 2 heterocycles. The van der Waals surface area contributed by atoms with Gasteiger partial charge in [-0.05, 0) is 42.8 Å². The molecule has 3 aromatic rings. The van der Waals surface area contributed by atoms with Gasteiger partial charge in [0.1, 0.15) is 0 Å². The molecule has 0 unspecified atom stereocenters. The molecule has 3 amide bonds. The van der Waals surface area contributed by atoms with E-state index in [9.17, 15) is 14.4 Å². The van der Waals surface area contributed by atoms with Crippen LogP contribution in [0.5, 0.6) is 0 Å². The minimum atomic E-state index is -0.425. The van der Waals surface area contributed by atoms with Gasteiger partial charge in [0.25, 0.3) is 11.8 Å². The molecule has 3 rings (SSSR count). The molecule has 8 nitrogen and oxygen atoms in total. The molecule has 0 aliphatic carbocycles. The van der Waals surface area contributed by atoms with E-state index in [1.165, 1.54) is 6.92 Å². The number of imidazole rings is 1. The summed E-state index contributed by atoms with van der Waals surface area (Å²) in [4.78, 5) is 40.5. The van der Waals surface area contributed by atoms with Gasteiger partial charge in [-0.3, -0.25) is 18.8 Å². The summed E-state index contributed by atoms with van der Waals surface area (Å²) in [5.74, 6) is -0.766. The van der Waals surface area contributed by atoms with Crippen LogP contribution in [0.25, 0.3) is 5.52 Å². The molecule has 0 spiro atoms. The minimum absolute atomic E-state index is 0.160. The molecule has 8 heteroatoms. The number of carbonyl (C=O) groups excluding carboxylic acids is 3. The van der Waals surface area contributed by atoms with E-state index in [1.54, 1.807) is 53.1 Å². The molecule has 0 atom stereocenters. The monoisotopic (exact) mass is 379 g/mol. The molecule has 2 aromatic heterocycles. The quantitative estimate of drug-likeness (QED) is 0.612. The third-order valence-corrected chi connectivity index (χ3v) is 3.97. The number of nitrogens with one attached hydrogen (secondary N) is 3. The summed E-state index contributed by atoms with van der Waals surface area (Å²) >= 11 is 0. The van der Waals surface area contributed by atoms with Gasteiger partial charge in [-0.1, -0.05) is 13.0 Å². The van der Waals surface area contributed by atoms with Gasteiger partial charge in [-0.2, -0.15) is 0 Å². The average Bonchev–Trinajstić information content (AvgIpc) is 3.07. The smallest absolute Gasteiger partial charge is 0.287 e. The Bertz CT molecular complexity index is 1020. The summed E-state index contributed by atoms with van der Waals surface area (Å²) < 4.78 is 1.60. The number of hydrogen-bond donors (Lipinski definition) is 3. The van der Waals surface area contributed by atoms with Gasteiger partial charge in [0.05, 0.1) is 5.52 Å². The lowest BCUT2D eigenvalue weighted by atomic mass is 10.2. The number of pyridine rings is 1. The third-order valence-electron chi connectivity index (χ3n) is 3.97. The van der Waals surface area contributed by atoms with Crippen molar-refractivity contribution in [2.75, 3.05) is 17.2 Å². The normalized spacial score (nSPS) is 10.5. The number of amides is 3. The van der Waals surface area contributed by atoms with Gasteiger partial charge in [0.15, 0.2) is 5.69 Å². The molecule has 3 N–H and O–H groups in total. The average molecular weight is 379 g/mol. The lowest BCUT2D eigenvalue weighted by molar-refractivity contribution is -0.114. The molecule has 0 saturated carbocycles. The van der Waals surface area contributed by atoms with Crippen molar-refractivity contribution in [1.29, 1.82) is 0 Å². The molecular formula is C20H21N5O3. The number of carbonyl (C=O) groups is 3. The highest BCUT2D eigenvalue weighted by atomic mass is 16.2. The Hall–Kier alpha value is -3.68. The van der Waals surface area contributed by atoms with Crippen molar-refractivity contribution in [2.24, 2.45) is 0 Å². The molecule has 28 heavy (non-hydrogen) atoms. The zero-order chi connectivity index (χ0) is 20.1. The molecule has 0 aliphatic heterocycles. The van der Waals surface area contributed by atoms with Crippen molar-refractivity contribution in [2.45, 2.75) is 20.3 Å². The van der Waals surface area contributed by atoms with E-state index in [4.69, 9.17) is 0 Å². The summed E-state index contributed by atoms with van der Waals surface area (Å²) in [5, 5.41) is 8.21. The van der Waals surface area contributed by atoms with Gasteiger partial charge in [0.2, 0.25) is 11.7 Å². The number of anilines is 2. The van der Waals surface area contributed by atoms with Crippen LogP contribution in [0.2, 0.25) is 0 Å². The van der Waals surface area contributed by atoms with E-state index >= 15 is 0 Å². The van der Waals surface area contributed by atoms with Crippen LogP contribution in [0, 0.1) is 0 Å². The van der Waals surface area contributed by atoms with Crippen molar-refractivity contribution in [3.8, 4) is 0 Å². The Kier molecular flexibility index (Phi) is 5.69. The van der Waals surface area contributed by atoms with Gasteiger partial charge in [0, 0.05) is 31.0 Å². The summed E-state index contributed by atoms with van der Waals surface area (Å²) in [7, 11) is 0. The molecule has 1 aromatic carbocycles. The fourth-order valence-corrected chi connectivity index (χ4v) is 2.71. The first-order chi connectivity index (χ1) is 13.5. The minimum Gasteiger partial charge on any atom is -0.349 e. The second kappa shape index (κ2) is 8.34. The van der Waals surface area contributed by atoms with Crippen molar-refractivity contribution in [1.82, 2.24) is 14.7 Å². The second-order valence-corrected chi connectivity index (χ2v) is 6.21. The Morgan fingerprint density at radius 3 is 2.29 bits per heavy atom. The Balaban J connectivity index is 1.85. The number of hydrogen-bond acceptors (Lipinski definition) is 4. The number of rotatable bonds is 6. The van der Waals surface area contributed by atoms with Gasteiger partial charge >= 0.3 is 0 Å². The molecule has 0 saturated heterocycles. The number of aromatic nitrogens is 2. The highest BCUT2D eigenvalue weighted by Gasteiger charge is 2.21. The van der Waals surface area contributed by atoms with Crippen LogP contribution in [-0.2, 0) is 4.79 Å². The van der Waals surface area contributed by atoms with Crippen molar-refractivity contribution in [3.05, 3.63) is 60.2 Å². The largest absolute Gasteiger partial charge is 0.349 e. The van der Waals surface area contributed by atoms with Gasteiger partial charge in [-0.15, -0.1) is 0 Å². The van der Waals surface area contributed by atoms with E-state index in [0.29, 0.717) is 23.4 Å². The van der Waals surface area contributed by atoms with Crippen LogP contribution < -0.4 is 16.0 Å². The van der Waals surface area contributed by atoms with Crippen LogP contribution in [-0.4, -0.2) is 33.7 Å².